The van der Waals surface area contributed by atoms with E-state index in [-0.39, 0.29) is 12.0 Å². The first-order chi connectivity index (χ1) is 10.6. The average Bonchev–Trinajstić information content (AvgIpc) is 2.82. The molecule has 0 radical (unpaired) electrons. The maximum absolute atomic E-state index is 12.8. The molecule has 1 saturated heterocycles. The van der Waals surface area contributed by atoms with Crippen LogP contribution in [0.4, 0.5) is 0 Å². The zero-order valence-electron chi connectivity index (χ0n) is 13.2. The summed E-state index contributed by atoms with van der Waals surface area (Å²) in [6.07, 6.45) is 1.86. The van der Waals surface area contributed by atoms with Gasteiger partial charge in [0.25, 0.3) is 5.91 Å². The number of morpholine rings is 1. The monoisotopic (exact) mass is 299 g/mol. The lowest BCUT2D eigenvalue weighted by Gasteiger charge is -2.31. The molecule has 2 aromatic heterocycles. The van der Waals surface area contributed by atoms with Crippen molar-refractivity contribution in [1.82, 2.24) is 14.5 Å². The van der Waals surface area contributed by atoms with Crippen LogP contribution in [-0.2, 0) is 4.74 Å². The Morgan fingerprint density at radius 2 is 2.18 bits per heavy atom. The molecule has 5 heteroatoms. The second kappa shape index (κ2) is 5.93. The van der Waals surface area contributed by atoms with Crippen LogP contribution in [0.1, 0.15) is 28.7 Å². The lowest BCUT2D eigenvalue weighted by Crippen LogP contribution is -2.44. The van der Waals surface area contributed by atoms with Crippen molar-refractivity contribution in [3.63, 3.8) is 0 Å². The number of amides is 1. The lowest BCUT2D eigenvalue weighted by atomic mass is 10.2. The summed E-state index contributed by atoms with van der Waals surface area (Å²) in [5.74, 6) is 0.914. The first-order valence-corrected chi connectivity index (χ1v) is 7.59. The molecule has 1 fully saturated rings. The number of hydrogen-bond donors (Lipinski definition) is 0. The van der Waals surface area contributed by atoms with Gasteiger partial charge in [-0.15, -0.1) is 0 Å². The summed E-state index contributed by atoms with van der Waals surface area (Å²) in [6.45, 7) is 7.87. The summed E-state index contributed by atoms with van der Waals surface area (Å²) in [4.78, 5) is 19.1. The quantitative estimate of drug-likeness (QED) is 0.855. The standard InChI is InChI=1S/C17H21N3O2/c1-12-10-15(17(21)19-8-9-22-13(2)11-19)14(3)20(12)16-6-4-5-7-18-16/h4-7,10,13H,8-9,11H2,1-3H3/t13-/m0/s1. The Balaban J connectivity index is 1.94. The highest BCUT2D eigenvalue weighted by Crippen LogP contribution is 2.21. The van der Waals surface area contributed by atoms with E-state index in [0.717, 1.165) is 22.8 Å². The van der Waals surface area contributed by atoms with Gasteiger partial charge in [0, 0.05) is 30.7 Å². The van der Waals surface area contributed by atoms with E-state index in [0.29, 0.717) is 19.7 Å². The highest BCUT2D eigenvalue weighted by molar-refractivity contribution is 5.96. The third-order valence-electron chi connectivity index (χ3n) is 4.07. The molecule has 1 aliphatic heterocycles. The van der Waals surface area contributed by atoms with Gasteiger partial charge in [0.05, 0.1) is 18.3 Å². The normalized spacial score (nSPS) is 18.5. The average molecular weight is 299 g/mol. The largest absolute Gasteiger partial charge is 0.375 e. The van der Waals surface area contributed by atoms with Crippen molar-refractivity contribution in [1.29, 1.82) is 0 Å². The van der Waals surface area contributed by atoms with E-state index < -0.39 is 0 Å². The number of pyridine rings is 1. The zero-order chi connectivity index (χ0) is 15.7. The highest BCUT2D eigenvalue weighted by Gasteiger charge is 2.25. The summed E-state index contributed by atoms with van der Waals surface area (Å²) in [6, 6.07) is 7.74. The van der Waals surface area contributed by atoms with Crippen molar-refractivity contribution in [3.8, 4) is 5.82 Å². The molecule has 5 nitrogen and oxygen atoms in total. The van der Waals surface area contributed by atoms with Gasteiger partial charge in [-0.2, -0.15) is 0 Å². The Labute approximate surface area is 130 Å². The molecule has 0 N–H and O–H groups in total. The predicted octanol–water partition coefficient (Wildman–Crippen LogP) is 2.35. The molecule has 3 heterocycles. The topological polar surface area (TPSA) is 47.4 Å². The van der Waals surface area contributed by atoms with Gasteiger partial charge in [0.1, 0.15) is 5.82 Å². The summed E-state index contributed by atoms with van der Waals surface area (Å²) in [5, 5.41) is 0. The molecule has 2 aromatic rings. The van der Waals surface area contributed by atoms with Gasteiger partial charge in [-0.05, 0) is 39.0 Å². The first-order valence-electron chi connectivity index (χ1n) is 7.59. The van der Waals surface area contributed by atoms with E-state index in [1.54, 1.807) is 6.20 Å². The van der Waals surface area contributed by atoms with Crippen LogP contribution in [0.3, 0.4) is 0 Å². The Morgan fingerprint density at radius 3 is 2.86 bits per heavy atom. The Hall–Kier alpha value is -2.14. The molecular weight excluding hydrogens is 278 g/mol. The van der Waals surface area contributed by atoms with Crippen LogP contribution in [0.2, 0.25) is 0 Å². The van der Waals surface area contributed by atoms with E-state index >= 15 is 0 Å². The number of hydrogen-bond acceptors (Lipinski definition) is 3. The number of nitrogens with zero attached hydrogens (tertiary/aromatic N) is 3. The summed E-state index contributed by atoms with van der Waals surface area (Å²) in [5.41, 5.74) is 2.69. The summed E-state index contributed by atoms with van der Waals surface area (Å²) >= 11 is 0. The minimum Gasteiger partial charge on any atom is -0.375 e. The maximum Gasteiger partial charge on any atom is 0.255 e. The molecule has 1 atom stereocenters. The van der Waals surface area contributed by atoms with Gasteiger partial charge in [-0.25, -0.2) is 4.98 Å². The van der Waals surface area contributed by atoms with E-state index in [1.807, 2.05) is 54.5 Å². The van der Waals surface area contributed by atoms with Crippen LogP contribution < -0.4 is 0 Å². The third-order valence-corrected chi connectivity index (χ3v) is 4.07. The van der Waals surface area contributed by atoms with Crippen molar-refractivity contribution in [2.24, 2.45) is 0 Å². The van der Waals surface area contributed by atoms with Gasteiger partial charge in [0.2, 0.25) is 0 Å². The fraction of sp³-hybridized carbons (Fsp3) is 0.412. The Morgan fingerprint density at radius 1 is 1.36 bits per heavy atom. The van der Waals surface area contributed by atoms with Crippen molar-refractivity contribution >= 4 is 5.91 Å². The fourth-order valence-electron chi connectivity index (χ4n) is 2.99. The van der Waals surface area contributed by atoms with E-state index in [2.05, 4.69) is 4.98 Å². The molecular formula is C17H21N3O2. The molecule has 0 saturated carbocycles. The minimum atomic E-state index is 0.0745. The van der Waals surface area contributed by atoms with Crippen LogP contribution in [0, 0.1) is 13.8 Å². The van der Waals surface area contributed by atoms with Crippen LogP contribution in [0.25, 0.3) is 5.82 Å². The van der Waals surface area contributed by atoms with Crippen LogP contribution >= 0.6 is 0 Å². The zero-order valence-corrected chi connectivity index (χ0v) is 13.2. The van der Waals surface area contributed by atoms with E-state index in [1.165, 1.54) is 0 Å². The van der Waals surface area contributed by atoms with E-state index in [4.69, 9.17) is 4.74 Å². The van der Waals surface area contributed by atoms with Gasteiger partial charge >= 0.3 is 0 Å². The maximum atomic E-state index is 12.8. The molecule has 0 unspecified atom stereocenters. The smallest absolute Gasteiger partial charge is 0.255 e. The molecule has 0 aromatic carbocycles. The van der Waals surface area contributed by atoms with Crippen molar-refractivity contribution in [2.45, 2.75) is 26.9 Å². The summed E-state index contributed by atoms with van der Waals surface area (Å²) < 4.78 is 7.54. The van der Waals surface area contributed by atoms with Crippen molar-refractivity contribution in [3.05, 3.63) is 47.4 Å². The number of aryl methyl sites for hydroxylation is 1. The van der Waals surface area contributed by atoms with Gasteiger partial charge in [0.15, 0.2) is 0 Å². The minimum absolute atomic E-state index is 0.0745. The third kappa shape index (κ3) is 2.64. The molecule has 1 amide bonds. The molecule has 0 bridgehead atoms. The van der Waals surface area contributed by atoms with Crippen LogP contribution in [0.15, 0.2) is 30.5 Å². The second-order valence-electron chi connectivity index (χ2n) is 5.74. The van der Waals surface area contributed by atoms with E-state index in [9.17, 15) is 4.79 Å². The SMILES string of the molecule is Cc1cc(C(=O)N2CCO[C@@H](C)C2)c(C)n1-c1ccccn1. The number of aromatic nitrogens is 2. The number of ether oxygens (including phenoxy) is 1. The summed E-state index contributed by atoms with van der Waals surface area (Å²) in [7, 11) is 0. The lowest BCUT2D eigenvalue weighted by molar-refractivity contribution is -0.0124. The van der Waals surface area contributed by atoms with Gasteiger partial charge in [-0.1, -0.05) is 6.07 Å². The van der Waals surface area contributed by atoms with Crippen LogP contribution in [-0.4, -0.2) is 46.2 Å². The van der Waals surface area contributed by atoms with Crippen molar-refractivity contribution < 1.29 is 9.53 Å². The first kappa shape index (κ1) is 14.8. The Kier molecular flexibility index (Phi) is 3.98. The Bertz CT molecular complexity index is 679. The molecule has 3 rings (SSSR count). The highest BCUT2D eigenvalue weighted by atomic mass is 16.5. The molecule has 1 aliphatic rings. The van der Waals surface area contributed by atoms with Crippen molar-refractivity contribution in [2.75, 3.05) is 19.7 Å². The number of carbonyl (C=O) groups is 1. The predicted molar refractivity (Wildman–Crippen MR) is 84.4 cm³/mol. The van der Waals surface area contributed by atoms with Gasteiger partial charge < -0.3 is 14.2 Å². The van der Waals surface area contributed by atoms with Crippen LogP contribution in [0.5, 0.6) is 0 Å². The second-order valence-corrected chi connectivity index (χ2v) is 5.74. The fourth-order valence-corrected chi connectivity index (χ4v) is 2.99. The van der Waals surface area contributed by atoms with Gasteiger partial charge in [-0.3, -0.25) is 4.79 Å². The number of carbonyl (C=O) groups excluding carboxylic acids is 1. The molecule has 116 valence electrons. The molecule has 0 aliphatic carbocycles. The molecule has 0 spiro atoms. The number of rotatable bonds is 2. The molecule has 22 heavy (non-hydrogen) atoms.